The molecule has 15 heavy (non-hydrogen) atoms. The molecule has 1 saturated carbocycles. The molecule has 0 atom stereocenters. The molecular formula is C10H13N3O2. The normalized spacial score (nSPS) is 17.1. The zero-order valence-electron chi connectivity index (χ0n) is 8.49. The van der Waals surface area contributed by atoms with Crippen LogP contribution in [0.3, 0.4) is 0 Å². The van der Waals surface area contributed by atoms with E-state index in [1.165, 1.54) is 0 Å². The summed E-state index contributed by atoms with van der Waals surface area (Å²) in [7, 11) is 1.83. The van der Waals surface area contributed by atoms with Crippen molar-refractivity contribution in [2.45, 2.75) is 18.4 Å². The molecule has 1 heterocycles. The Morgan fingerprint density at radius 2 is 2.20 bits per heavy atom. The van der Waals surface area contributed by atoms with E-state index in [0.29, 0.717) is 18.4 Å². The Kier molecular flexibility index (Phi) is 2.03. The molecule has 0 aromatic carbocycles. The van der Waals surface area contributed by atoms with E-state index >= 15 is 0 Å². The van der Waals surface area contributed by atoms with Crippen molar-refractivity contribution in [2.75, 3.05) is 0 Å². The number of nitrogens with zero attached hydrogens (tertiary/aromatic N) is 1. The van der Waals surface area contributed by atoms with Crippen molar-refractivity contribution in [2.24, 2.45) is 12.8 Å². The number of nitrogens with one attached hydrogen (secondary N) is 1. The molecule has 2 rings (SSSR count). The van der Waals surface area contributed by atoms with E-state index in [4.69, 9.17) is 5.73 Å². The zero-order chi connectivity index (χ0) is 11.1. The fourth-order valence-electron chi connectivity index (χ4n) is 1.49. The number of amides is 2. The van der Waals surface area contributed by atoms with Gasteiger partial charge < -0.3 is 15.6 Å². The molecule has 2 amide bonds. The lowest BCUT2D eigenvalue weighted by Crippen LogP contribution is -2.46. The molecule has 0 spiro atoms. The number of hydrogen-bond donors (Lipinski definition) is 2. The summed E-state index contributed by atoms with van der Waals surface area (Å²) in [4.78, 5) is 22.7. The summed E-state index contributed by atoms with van der Waals surface area (Å²) in [6.45, 7) is 0. The third-order valence-corrected chi connectivity index (χ3v) is 2.67. The number of aryl methyl sites for hydroxylation is 1. The zero-order valence-corrected chi connectivity index (χ0v) is 8.49. The van der Waals surface area contributed by atoms with Crippen LogP contribution in [0.4, 0.5) is 0 Å². The quantitative estimate of drug-likeness (QED) is 0.718. The van der Waals surface area contributed by atoms with Gasteiger partial charge in [0.2, 0.25) is 5.91 Å². The first-order valence-electron chi connectivity index (χ1n) is 4.78. The largest absolute Gasteiger partial charge is 0.368 e. The summed E-state index contributed by atoms with van der Waals surface area (Å²) in [5, 5.41) is 2.67. The van der Waals surface area contributed by atoms with Gasteiger partial charge in [-0.05, 0) is 18.9 Å². The molecule has 1 fully saturated rings. The maximum absolute atomic E-state index is 11.7. The molecule has 80 valence electrons. The highest BCUT2D eigenvalue weighted by Gasteiger charge is 2.49. The summed E-state index contributed by atoms with van der Waals surface area (Å²) in [6.07, 6.45) is 4.76. The molecule has 0 bridgehead atoms. The van der Waals surface area contributed by atoms with Gasteiger partial charge in [-0.2, -0.15) is 0 Å². The van der Waals surface area contributed by atoms with E-state index < -0.39 is 11.4 Å². The van der Waals surface area contributed by atoms with Gasteiger partial charge >= 0.3 is 0 Å². The number of nitrogens with two attached hydrogens (primary N) is 1. The van der Waals surface area contributed by atoms with Gasteiger partial charge in [-0.1, -0.05) is 0 Å². The van der Waals surface area contributed by atoms with Crippen molar-refractivity contribution in [1.29, 1.82) is 0 Å². The fraction of sp³-hybridized carbons (Fsp3) is 0.400. The molecule has 1 aliphatic carbocycles. The first-order chi connectivity index (χ1) is 7.03. The van der Waals surface area contributed by atoms with Crippen LogP contribution >= 0.6 is 0 Å². The molecule has 3 N–H and O–H groups in total. The van der Waals surface area contributed by atoms with Crippen molar-refractivity contribution in [3.63, 3.8) is 0 Å². The monoisotopic (exact) mass is 207 g/mol. The predicted molar refractivity (Wildman–Crippen MR) is 54.0 cm³/mol. The molecule has 5 heteroatoms. The Labute approximate surface area is 87.2 Å². The van der Waals surface area contributed by atoms with E-state index in [2.05, 4.69) is 5.32 Å². The van der Waals surface area contributed by atoms with Gasteiger partial charge in [-0.15, -0.1) is 0 Å². The van der Waals surface area contributed by atoms with Crippen LogP contribution in [0.5, 0.6) is 0 Å². The Balaban J connectivity index is 2.08. The standard InChI is InChI=1S/C10H13N3O2/c1-13-5-2-7(6-13)8(14)12-10(3-4-10)9(11)15/h2,5-6H,3-4H2,1H3,(H2,11,15)(H,12,14). The van der Waals surface area contributed by atoms with E-state index in [-0.39, 0.29) is 5.91 Å². The van der Waals surface area contributed by atoms with Crippen molar-refractivity contribution in [3.05, 3.63) is 24.0 Å². The summed E-state index contributed by atoms with van der Waals surface area (Å²) < 4.78 is 1.78. The molecule has 1 aliphatic rings. The van der Waals surface area contributed by atoms with E-state index in [1.54, 1.807) is 23.0 Å². The first-order valence-corrected chi connectivity index (χ1v) is 4.78. The lowest BCUT2D eigenvalue weighted by Gasteiger charge is -2.12. The van der Waals surface area contributed by atoms with Crippen LogP contribution in [-0.2, 0) is 11.8 Å². The average Bonchev–Trinajstić information content (AvgIpc) is 2.82. The molecule has 1 aromatic rings. The number of aromatic nitrogens is 1. The third kappa shape index (κ3) is 1.72. The highest BCUT2D eigenvalue weighted by molar-refractivity contribution is 6.00. The third-order valence-electron chi connectivity index (χ3n) is 2.67. The minimum absolute atomic E-state index is 0.244. The number of primary amides is 1. The maximum atomic E-state index is 11.7. The molecule has 0 unspecified atom stereocenters. The topological polar surface area (TPSA) is 77.1 Å². The molecular weight excluding hydrogens is 194 g/mol. The number of hydrogen-bond acceptors (Lipinski definition) is 2. The summed E-state index contributed by atoms with van der Waals surface area (Å²) in [6, 6.07) is 1.70. The first kappa shape index (κ1) is 9.76. The van der Waals surface area contributed by atoms with Gasteiger partial charge in [0.05, 0.1) is 5.56 Å². The minimum atomic E-state index is -0.785. The number of rotatable bonds is 3. The Morgan fingerprint density at radius 1 is 1.53 bits per heavy atom. The Hall–Kier alpha value is -1.78. The van der Waals surface area contributed by atoms with Crippen LogP contribution in [0, 0.1) is 0 Å². The molecule has 0 radical (unpaired) electrons. The maximum Gasteiger partial charge on any atom is 0.253 e. The van der Waals surface area contributed by atoms with Gasteiger partial charge in [-0.25, -0.2) is 0 Å². The summed E-state index contributed by atoms with van der Waals surface area (Å²) >= 11 is 0. The van der Waals surface area contributed by atoms with Crippen molar-refractivity contribution < 1.29 is 9.59 Å². The molecule has 5 nitrogen and oxygen atoms in total. The van der Waals surface area contributed by atoms with Crippen LogP contribution in [0.1, 0.15) is 23.2 Å². The molecule has 0 saturated heterocycles. The van der Waals surface area contributed by atoms with Gasteiger partial charge in [0.15, 0.2) is 0 Å². The lowest BCUT2D eigenvalue weighted by molar-refractivity contribution is -0.120. The lowest BCUT2D eigenvalue weighted by atomic mass is 10.2. The number of carbonyl (C=O) groups excluding carboxylic acids is 2. The van der Waals surface area contributed by atoms with E-state index in [0.717, 1.165) is 0 Å². The summed E-state index contributed by atoms with van der Waals surface area (Å²) in [5.41, 5.74) is 4.97. The average molecular weight is 207 g/mol. The second kappa shape index (κ2) is 3.12. The highest BCUT2D eigenvalue weighted by atomic mass is 16.2. The second-order valence-electron chi connectivity index (χ2n) is 3.97. The van der Waals surface area contributed by atoms with Crippen LogP contribution in [0.15, 0.2) is 18.5 Å². The Morgan fingerprint density at radius 3 is 2.60 bits per heavy atom. The van der Waals surface area contributed by atoms with Gasteiger partial charge in [-0.3, -0.25) is 9.59 Å². The highest BCUT2D eigenvalue weighted by Crippen LogP contribution is 2.35. The Bertz CT molecular complexity index is 418. The number of carbonyl (C=O) groups is 2. The van der Waals surface area contributed by atoms with Crippen LogP contribution in [-0.4, -0.2) is 21.9 Å². The van der Waals surface area contributed by atoms with Crippen molar-refractivity contribution in [1.82, 2.24) is 9.88 Å². The minimum Gasteiger partial charge on any atom is -0.368 e. The van der Waals surface area contributed by atoms with Crippen molar-refractivity contribution in [3.8, 4) is 0 Å². The predicted octanol–water partition coefficient (Wildman–Crippen LogP) is -0.227. The van der Waals surface area contributed by atoms with E-state index in [1.807, 2.05) is 7.05 Å². The van der Waals surface area contributed by atoms with Gasteiger partial charge in [0.1, 0.15) is 5.54 Å². The summed E-state index contributed by atoms with van der Waals surface area (Å²) in [5.74, 6) is -0.696. The van der Waals surface area contributed by atoms with Crippen LogP contribution in [0.25, 0.3) is 0 Å². The van der Waals surface area contributed by atoms with Crippen LogP contribution < -0.4 is 11.1 Å². The smallest absolute Gasteiger partial charge is 0.253 e. The van der Waals surface area contributed by atoms with Gasteiger partial charge in [0.25, 0.3) is 5.91 Å². The van der Waals surface area contributed by atoms with Crippen molar-refractivity contribution >= 4 is 11.8 Å². The second-order valence-corrected chi connectivity index (χ2v) is 3.97. The van der Waals surface area contributed by atoms with E-state index in [9.17, 15) is 9.59 Å². The fourth-order valence-corrected chi connectivity index (χ4v) is 1.49. The molecule has 0 aliphatic heterocycles. The van der Waals surface area contributed by atoms with Gasteiger partial charge in [0, 0.05) is 19.4 Å². The SMILES string of the molecule is Cn1ccc(C(=O)NC2(C(N)=O)CC2)c1. The van der Waals surface area contributed by atoms with Crippen LogP contribution in [0.2, 0.25) is 0 Å². The molecule has 1 aromatic heterocycles.